The van der Waals surface area contributed by atoms with E-state index in [1.165, 1.54) is 0 Å². The molecule has 88 valence electrons. The zero-order valence-corrected chi connectivity index (χ0v) is 9.79. The van der Waals surface area contributed by atoms with Crippen molar-refractivity contribution >= 4 is 5.91 Å². The summed E-state index contributed by atoms with van der Waals surface area (Å²) in [5.74, 6) is 0.407. The SMILES string of the molecule is CN(C)C(=O)c1cn[nH]c1C1CCCNC1. The van der Waals surface area contributed by atoms with Gasteiger partial charge in [-0.1, -0.05) is 0 Å². The summed E-state index contributed by atoms with van der Waals surface area (Å²) >= 11 is 0. The summed E-state index contributed by atoms with van der Waals surface area (Å²) in [4.78, 5) is 13.5. The molecule has 1 unspecified atom stereocenters. The molecule has 0 bridgehead atoms. The fraction of sp³-hybridized carbons (Fsp3) is 0.636. The highest BCUT2D eigenvalue weighted by atomic mass is 16.2. The van der Waals surface area contributed by atoms with E-state index in [4.69, 9.17) is 0 Å². The quantitative estimate of drug-likeness (QED) is 0.769. The van der Waals surface area contributed by atoms with E-state index in [1.807, 2.05) is 0 Å². The molecule has 1 aliphatic heterocycles. The third-order valence-electron chi connectivity index (χ3n) is 3.01. The maximum atomic E-state index is 11.9. The van der Waals surface area contributed by atoms with Crippen LogP contribution in [0.5, 0.6) is 0 Å². The molecule has 1 amide bonds. The highest BCUT2D eigenvalue weighted by Crippen LogP contribution is 2.24. The highest BCUT2D eigenvalue weighted by molar-refractivity contribution is 5.94. The summed E-state index contributed by atoms with van der Waals surface area (Å²) in [6.45, 7) is 2.00. The Morgan fingerprint density at radius 3 is 3.00 bits per heavy atom. The van der Waals surface area contributed by atoms with E-state index >= 15 is 0 Å². The molecular formula is C11H18N4O. The fourth-order valence-electron chi connectivity index (χ4n) is 2.12. The van der Waals surface area contributed by atoms with E-state index in [1.54, 1.807) is 25.2 Å². The van der Waals surface area contributed by atoms with E-state index in [0.717, 1.165) is 31.6 Å². The van der Waals surface area contributed by atoms with Gasteiger partial charge in [0.25, 0.3) is 5.91 Å². The summed E-state index contributed by atoms with van der Waals surface area (Å²) < 4.78 is 0. The van der Waals surface area contributed by atoms with Crippen molar-refractivity contribution < 1.29 is 4.79 Å². The van der Waals surface area contributed by atoms with Gasteiger partial charge in [0.1, 0.15) is 0 Å². The number of hydrogen-bond donors (Lipinski definition) is 2. The average Bonchev–Trinajstić information content (AvgIpc) is 2.77. The largest absolute Gasteiger partial charge is 0.345 e. The zero-order chi connectivity index (χ0) is 11.5. The predicted molar refractivity (Wildman–Crippen MR) is 61.4 cm³/mol. The van der Waals surface area contributed by atoms with Crippen LogP contribution in [0.25, 0.3) is 0 Å². The van der Waals surface area contributed by atoms with Gasteiger partial charge in [-0.2, -0.15) is 5.10 Å². The van der Waals surface area contributed by atoms with Gasteiger partial charge < -0.3 is 10.2 Å². The Balaban J connectivity index is 2.21. The first-order chi connectivity index (χ1) is 7.70. The van der Waals surface area contributed by atoms with Crippen molar-refractivity contribution in [3.05, 3.63) is 17.5 Å². The van der Waals surface area contributed by atoms with Crippen LogP contribution in [0.3, 0.4) is 0 Å². The normalized spacial score (nSPS) is 20.8. The van der Waals surface area contributed by atoms with Gasteiger partial charge in [-0.25, -0.2) is 0 Å². The Hall–Kier alpha value is -1.36. The van der Waals surface area contributed by atoms with E-state index < -0.39 is 0 Å². The molecule has 0 aromatic carbocycles. The number of amides is 1. The Morgan fingerprint density at radius 1 is 1.56 bits per heavy atom. The lowest BCUT2D eigenvalue weighted by atomic mass is 9.93. The molecule has 1 aromatic heterocycles. The maximum Gasteiger partial charge on any atom is 0.256 e. The van der Waals surface area contributed by atoms with Crippen molar-refractivity contribution in [2.75, 3.05) is 27.2 Å². The van der Waals surface area contributed by atoms with E-state index in [2.05, 4.69) is 15.5 Å². The summed E-state index contributed by atoms with van der Waals surface area (Å²) in [5, 5.41) is 10.3. The van der Waals surface area contributed by atoms with Crippen LogP contribution < -0.4 is 5.32 Å². The Kier molecular flexibility index (Phi) is 3.24. The van der Waals surface area contributed by atoms with Crippen molar-refractivity contribution in [2.24, 2.45) is 0 Å². The summed E-state index contributed by atoms with van der Waals surface area (Å²) in [6, 6.07) is 0. The van der Waals surface area contributed by atoms with Crippen LogP contribution in [0.2, 0.25) is 0 Å². The lowest BCUT2D eigenvalue weighted by molar-refractivity contribution is 0.0826. The molecule has 5 heteroatoms. The molecule has 1 fully saturated rings. The number of hydrogen-bond acceptors (Lipinski definition) is 3. The molecule has 5 nitrogen and oxygen atoms in total. The van der Waals surface area contributed by atoms with Crippen molar-refractivity contribution in [3.63, 3.8) is 0 Å². The minimum absolute atomic E-state index is 0.0225. The lowest BCUT2D eigenvalue weighted by Gasteiger charge is -2.23. The van der Waals surface area contributed by atoms with Gasteiger partial charge in [0, 0.05) is 26.6 Å². The standard InChI is InChI=1S/C11H18N4O/c1-15(2)11(16)9-7-13-14-10(9)8-4-3-5-12-6-8/h7-8,12H,3-6H2,1-2H3,(H,13,14). The summed E-state index contributed by atoms with van der Waals surface area (Å²) in [5.41, 5.74) is 1.68. The second kappa shape index (κ2) is 4.65. The maximum absolute atomic E-state index is 11.9. The lowest BCUT2D eigenvalue weighted by Crippen LogP contribution is -2.30. The van der Waals surface area contributed by atoms with Gasteiger partial charge in [-0.05, 0) is 19.4 Å². The van der Waals surface area contributed by atoms with Crippen LogP contribution in [-0.4, -0.2) is 48.2 Å². The molecule has 2 N–H and O–H groups in total. The summed E-state index contributed by atoms with van der Waals surface area (Å²) in [7, 11) is 3.52. The molecule has 0 saturated carbocycles. The second-order valence-corrected chi connectivity index (χ2v) is 4.44. The van der Waals surface area contributed by atoms with Crippen molar-refractivity contribution in [2.45, 2.75) is 18.8 Å². The molecule has 1 atom stereocenters. The smallest absolute Gasteiger partial charge is 0.256 e. The number of nitrogens with zero attached hydrogens (tertiary/aromatic N) is 2. The number of carbonyl (C=O) groups excluding carboxylic acids is 1. The van der Waals surface area contributed by atoms with Gasteiger partial charge in [0.05, 0.1) is 17.5 Å². The Morgan fingerprint density at radius 2 is 2.38 bits per heavy atom. The average molecular weight is 222 g/mol. The van der Waals surface area contributed by atoms with Gasteiger partial charge in [-0.3, -0.25) is 9.89 Å². The summed E-state index contributed by atoms with van der Waals surface area (Å²) in [6.07, 6.45) is 3.90. The molecule has 1 aliphatic rings. The van der Waals surface area contributed by atoms with Gasteiger partial charge >= 0.3 is 0 Å². The highest BCUT2D eigenvalue weighted by Gasteiger charge is 2.23. The molecule has 0 spiro atoms. The number of piperidine rings is 1. The Labute approximate surface area is 95.2 Å². The minimum Gasteiger partial charge on any atom is -0.345 e. The first-order valence-corrected chi connectivity index (χ1v) is 5.65. The third kappa shape index (κ3) is 2.09. The molecule has 1 saturated heterocycles. The first kappa shape index (κ1) is 11.1. The Bertz CT molecular complexity index is 366. The van der Waals surface area contributed by atoms with Crippen molar-refractivity contribution in [1.82, 2.24) is 20.4 Å². The van der Waals surface area contributed by atoms with Crippen LogP contribution in [0.4, 0.5) is 0 Å². The van der Waals surface area contributed by atoms with Crippen LogP contribution in [0.1, 0.15) is 34.8 Å². The van der Waals surface area contributed by atoms with Gasteiger partial charge in [0.15, 0.2) is 0 Å². The van der Waals surface area contributed by atoms with E-state index in [-0.39, 0.29) is 5.91 Å². The number of H-pyrrole nitrogens is 1. The van der Waals surface area contributed by atoms with Crippen molar-refractivity contribution in [3.8, 4) is 0 Å². The molecular weight excluding hydrogens is 204 g/mol. The molecule has 2 heterocycles. The van der Waals surface area contributed by atoms with Gasteiger partial charge in [0.2, 0.25) is 0 Å². The number of rotatable bonds is 2. The van der Waals surface area contributed by atoms with E-state index in [9.17, 15) is 4.79 Å². The second-order valence-electron chi connectivity index (χ2n) is 4.44. The molecule has 0 radical (unpaired) electrons. The number of aromatic amines is 1. The molecule has 16 heavy (non-hydrogen) atoms. The predicted octanol–water partition coefficient (Wildman–Crippen LogP) is 0.578. The minimum atomic E-state index is 0.0225. The van der Waals surface area contributed by atoms with Gasteiger partial charge in [-0.15, -0.1) is 0 Å². The van der Waals surface area contributed by atoms with Crippen LogP contribution in [-0.2, 0) is 0 Å². The van der Waals surface area contributed by atoms with E-state index in [0.29, 0.717) is 11.5 Å². The fourth-order valence-corrected chi connectivity index (χ4v) is 2.12. The molecule has 0 aliphatic carbocycles. The number of aromatic nitrogens is 2. The number of carbonyl (C=O) groups is 1. The van der Waals surface area contributed by atoms with Crippen LogP contribution in [0.15, 0.2) is 6.20 Å². The molecule has 2 rings (SSSR count). The number of nitrogens with one attached hydrogen (secondary N) is 2. The van der Waals surface area contributed by atoms with Crippen LogP contribution >= 0.6 is 0 Å². The van der Waals surface area contributed by atoms with Crippen molar-refractivity contribution in [1.29, 1.82) is 0 Å². The monoisotopic (exact) mass is 222 g/mol. The topological polar surface area (TPSA) is 61.0 Å². The third-order valence-corrected chi connectivity index (χ3v) is 3.01. The van der Waals surface area contributed by atoms with Crippen LogP contribution in [0, 0.1) is 0 Å². The zero-order valence-electron chi connectivity index (χ0n) is 9.79. The first-order valence-electron chi connectivity index (χ1n) is 5.65. The molecule has 1 aromatic rings.